The second-order valence-electron chi connectivity index (χ2n) is 9.04. The lowest BCUT2D eigenvalue weighted by molar-refractivity contribution is -0.289. The molecule has 38 heavy (non-hydrogen) atoms. The molecule has 0 aromatic heterocycles. The van der Waals surface area contributed by atoms with E-state index in [-0.39, 0.29) is 11.6 Å². The van der Waals surface area contributed by atoms with Crippen LogP contribution in [-0.2, 0) is 21.2 Å². The Morgan fingerprint density at radius 1 is 1.11 bits per heavy atom. The van der Waals surface area contributed by atoms with Crippen molar-refractivity contribution in [2.24, 2.45) is 0 Å². The van der Waals surface area contributed by atoms with Crippen LogP contribution in [0.2, 0.25) is 5.02 Å². The normalized spacial score (nSPS) is 15.7. The topological polar surface area (TPSA) is 108 Å². The van der Waals surface area contributed by atoms with Crippen LogP contribution in [0.25, 0.3) is 11.1 Å². The number of hydrogen-bond acceptors (Lipinski definition) is 4. The van der Waals surface area contributed by atoms with Crippen molar-refractivity contribution in [3.05, 3.63) is 77.1 Å². The van der Waals surface area contributed by atoms with E-state index in [1.54, 1.807) is 17.0 Å². The fourth-order valence-corrected chi connectivity index (χ4v) is 5.23. The first-order valence-corrected chi connectivity index (χ1v) is 14.4. The van der Waals surface area contributed by atoms with Gasteiger partial charge in [0, 0.05) is 29.9 Å². The number of piperidine rings is 1. The summed E-state index contributed by atoms with van der Waals surface area (Å²) in [4.78, 5) is 27.6. The molecule has 3 aromatic rings. The summed E-state index contributed by atoms with van der Waals surface area (Å²) in [6.07, 6.45) is 2.86. The van der Waals surface area contributed by atoms with Gasteiger partial charge in [-0.1, -0.05) is 31.2 Å². The highest BCUT2D eigenvalue weighted by Crippen LogP contribution is 2.34. The third kappa shape index (κ3) is 6.43. The first kappa shape index (κ1) is 27.4. The van der Waals surface area contributed by atoms with E-state index in [9.17, 15) is 22.4 Å². The lowest BCUT2D eigenvalue weighted by Gasteiger charge is -2.34. The number of carbonyl (C=O) groups excluding carboxylic acids is 2. The predicted molar refractivity (Wildman–Crippen MR) is 144 cm³/mol. The molecule has 0 unspecified atom stereocenters. The van der Waals surface area contributed by atoms with E-state index in [2.05, 4.69) is 15.4 Å². The highest BCUT2D eigenvalue weighted by Gasteiger charge is 2.32. The number of amides is 3. The molecule has 1 aliphatic heterocycles. The van der Waals surface area contributed by atoms with Crippen LogP contribution in [0.3, 0.4) is 0 Å². The van der Waals surface area contributed by atoms with Gasteiger partial charge in [0.1, 0.15) is 6.04 Å². The van der Waals surface area contributed by atoms with Gasteiger partial charge < -0.3 is 15.5 Å². The fraction of sp³-hybridized carbons (Fsp3) is 0.259. The van der Waals surface area contributed by atoms with E-state index >= 15 is 0 Å². The van der Waals surface area contributed by atoms with Crippen molar-refractivity contribution in [2.75, 3.05) is 27.7 Å². The van der Waals surface area contributed by atoms with E-state index < -0.39 is 27.9 Å². The van der Waals surface area contributed by atoms with Crippen molar-refractivity contribution >= 4 is 39.0 Å². The second kappa shape index (κ2) is 11.4. The van der Waals surface area contributed by atoms with Crippen LogP contribution >= 0.6 is 0 Å². The molecule has 0 bridgehead atoms. The van der Waals surface area contributed by atoms with Gasteiger partial charge in [-0.05, 0) is 54.7 Å². The number of rotatable bonds is 7. The molecule has 8 nitrogen and oxygen atoms in total. The van der Waals surface area contributed by atoms with Gasteiger partial charge in [0.15, 0.2) is 17.4 Å². The number of urea groups is 1. The Kier molecular flexibility index (Phi) is 8.23. The summed E-state index contributed by atoms with van der Waals surface area (Å²) in [5, 5.41) is 5.42. The van der Waals surface area contributed by atoms with Crippen molar-refractivity contribution in [3.63, 3.8) is 0 Å². The van der Waals surface area contributed by atoms with Crippen molar-refractivity contribution in [1.29, 1.82) is 0 Å². The van der Waals surface area contributed by atoms with E-state index in [0.717, 1.165) is 34.7 Å². The maximum absolute atomic E-state index is 14.1. The Labute approximate surface area is 226 Å². The molecular weight excluding hydrogens is 531 g/mol. The van der Waals surface area contributed by atoms with Crippen molar-refractivity contribution in [1.82, 2.24) is 5.32 Å². The molecule has 1 saturated heterocycles. The smallest absolute Gasteiger partial charge is 0.319 e. The molecule has 1 atom stereocenters. The van der Waals surface area contributed by atoms with Gasteiger partial charge in [0.2, 0.25) is 21.0 Å². The SMILES string of the molecule is CCc1cc(-c2ccccc2NS(C)(=O)=O)ccc1N1CCC[C@@H](NC(=O)Nc2ccc([ClH+])cc2F)C1=O. The summed E-state index contributed by atoms with van der Waals surface area (Å²) < 4.78 is 40.3. The predicted octanol–water partition coefficient (Wildman–Crippen LogP) is 4.44. The first-order chi connectivity index (χ1) is 18.1. The number of sulfonamides is 1. The summed E-state index contributed by atoms with van der Waals surface area (Å²) in [6.45, 7) is 2.47. The molecular formula is C27H29ClFN4O4S+. The molecule has 11 heteroatoms. The minimum atomic E-state index is -3.46. The number of nitrogens with one attached hydrogen (secondary N) is 3. The molecule has 3 aromatic carbocycles. The lowest BCUT2D eigenvalue weighted by atomic mass is 9.97. The largest absolute Gasteiger partial charge is 0.326 e. The molecule has 200 valence electrons. The summed E-state index contributed by atoms with van der Waals surface area (Å²) in [7, 11) is -3.46. The zero-order chi connectivity index (χ0) is 27.4. The maximum Gasteiger partial charge on any atom is 0.319 e. The van der Waals surface area contributed by atoms with Gasteiger partial charge in [-0.15, -0.1) is 0 Å². The van der Waals surface area contributed by atoms with Gasteiger partial charge in [0.25, 0.3) is 0 Å². The Morgan fingerprint density at radius 3 is 2.58 bits per heavy atom. The highest BCUT2D eigenvalue weighted by molar-refractivity contribution is 7.92. The van der Waals surface area contributed by atoms with Crippen LogP contribution in [0.1, 0.15) is 25.3 Å². The highest BCUT2D eigenvalue weighted by atomic mass is 35.5. The lowest BCUT2D eigenvalue weighted by Crippen LogP contribution is -2.53. The van der Waals surface area contributed by atoms with Gasteiger partial charge in [-0.3, -0.25) is 9.52 Å². The minimum Gasteiger partial charge on any atom is -0.326 e. The van der Waals surface area contributed by atoms with Crippen molar-refractivity contribution in [3.8, 4) is 11.1 Å². The monoisotopic (exact) mass is 559 g/mol. The molecule has 0 aliphatic carbocycles. The maximum atomic E-state index is 14.1. The Balaban J connectivity index is 1.54. The number of benzene rings is 3. The zero-order valence-electron chi connectivity index (χ0n) is 21.0. The number of halogens is 2. The fourth-order valence-electron chi connectivity index (χ4n) is 4.49. The molecule has 0 radical (unpaired) electrons. The van der Waals surface area contributed by atoms with Crippen LogP contribution in [0.15, 0.2) is 60.7 Å². The van der Waals surface area contributed by atoms with Gasteiger partial charge in [-0.2, -0.15) is 0 Å². The van der Waals surface area contributed by atoms with Crippen molar-refractivity contribution < 1.29 is 34.0 Å². The molecule has 0 saturated carbocycles. The Hall–Kier alpha value is -3.63. The van der Waals surface area contributed by atoms with E-state index in [4.69, 9.17) is 11.6 Å². The van der Waals surface area contributed by atoms with Crippen LogP contribution in [0.5, 0.6) is 0 Å². The van der Waals surface area contributed by atoms with Gasteiger partial charge in [-0.25, -0.2) is 17.6 Å². The van der Waals surface area contributed by atoms with Crippen LogP contribution in [0.4, 0.5) is 26.2 Å². The summed E-state index contributed by atoms with van der Waals surface area (Å²) in [5.74, 6) is -0.903. The number of hydrogen-bond donors (Lipinski definition) is 3. The summed E-state index contributed by atoms with van der Waals surface area (Å²) >= 11 is 4.92. The van der Waals surface area contributed by atoms with Gasteiger partial charge in [0.05, 0.1) is 17.6 Å². The molecule has 3 N–H and O–H groups in total. The third-order valence-corrected chi connectivity index (χ3v) is 7.06. The third-order valence-electron chi connectivity index (χ3n) is 6.22. The number of aryl methyl sites for hydroxylation is 1. The first-order valence-electron chi connectivity index (χ1n) is 12.1. The molecule has 0 spiro atoms. The average molecular weight is 560 g/mol. The Bertz CT molecular complexity index is 1480. The number of nitrogens with zero attached hydrogens (tertiary/aromatic N) is 1. The molecule has 1 fully saturated rings. The number of para-hydroxylation sites is 1. The quantitative estimate of drug-likeness (QED) is 0.398. The summed E-state index contributed by atoms with van der Waals surface area (Å²) in [6, 6.07) is 15.3. The van der Waals surface area contributed by atoms with E-state index in [1.807, 2.05) is 37.3 Å². The van der Waals surface area contributed by atoms with Crippen LogP contribution < -0.4 is 20.3 Å². The second-order valence-corrected chi connectivity index (χ2v) is 11.3. The number of carbonyl (C=O) groups is 2. The van der Waals surface area contributed by atoms with Crippen LogP contribution in [-0.4, -0.2) is 39.2 Å². The molecule has 4 rings (SSSR count). The van der Waals surface area contributed by atoms with Crippen molar-refractivity contribution in [2.45, 2.75) is 32.2 Å². The van der Waals surface area contributed by atoms with Gasteiger partial charge >= 0.3 is 6.03 Å². The molecule has 1 aliphatic rings. The van der Waals surface area contributed by atoms with Crippen LogP contribution in [0, 0.1) is 17.4 Å². The standard InChI is InChI=1S/C27H28ClFN4O4S/c1-3-17-15-18(20-7-4-5-8-22(20)32-38(2,36)37)10-13-25(17)33-14-6-9-24(26(33)34)31-27(35)30-23-12-11-19(28)16-21(23)29/h4-5,7-8,10-13,15-16,24,28,32H,3,6,9,14H2,1-2H3,(H-,30,31,35)/p+1/t24-/m1/s1. The number of anilines is 3. The zero-order valence-corrected chi connectivity index (χ0v) is 22.6. The molecule has 1 heterocycles. The Morgan fingerprint density at radius 2 is 1.87 bits per heavy atom. The average Bonchev–Trinajstić information content (AvgIpc) is 2.86. The minimum absolute atomic E-state index is 0.0225. The summed E-state index contributed by atoms with van der Waals surface area (Å²) in [5.41, 5.74) is 3.60. The molecule has 3 amide bonds. The van der Waals surface area contributed by atoms with E-state index in [0.29, 0.717) is 36.5 Å². The van der Waals surface area contributed by atoms with E-state index in [1.165, 1.54) is 12.1 Å².